The monoisotopic (exact) mass is 653 g/mol. The van der Waals surface area contributed by atoms with E-state index in [1.54, 1.807) is 16.8 Å². The fraction of sp³-hybridized carbons (Fsp3) is 0.550. The van der Waals surface area contributed by atoms with Gasteiger partial charge in [-0.05, 0) is 87.5 Å². The molecule has 3 heterocycles. The van der Waals surface area contributed by atoms with E-state index in [-0.39, 0.29) is 35.3 Å². The van der Waals surface area contributed by atoms with Gasteiger partial charge in [-0.3, -0.25) is 9.59 Å². The van der Waals surface area contributed by atoms with E-state index in [0.717, 1.165) is 81.1 Å². The molecule has 2 saturated carbocycles. The van der Waals surface area contributed by atoms with Gasteiger partial charge in [0.15, 0.2) is 0 Å². The van der Waals surface area contributed by atoms with Gasteiger partial charge in [0, 0.05) is 49.0 Å². The van der Waals surface area contributed by atoms with Gasteiger partial charge in [0.25, 0.3) is 11.5 Å². The average Bonchev–Trinajstić information content (AvgIpc) is 3.92. The van der Waals surface area contributed by atoms with E-state index in [0.29, 0.717) is 30.7 Å². The SMILES string of the molecule is CCc1ccc2c(c1)C(NC[C@@H](O)[C@H](Cc1ccccc1)NC(=O)c1cc(C3CCCO3)c(=O)n(C3CCCC3)c1)CC1(CCCC1)O2. The van der Waals surface area contributed by atoms with Crippen LogP contribution < -0.4 is 20.9 Å². The van der Waals surface area contributed by atoms with Crippen molar-refractivity contribution in [2.45, 2.75) is 126 Å². The Bertz CT molecular complexity index is 1580. The normalized spacial score (nSPS) is 23.1. The number of aliphatic hydroxyl groups excluding tert-OH is 1. The zero-order valence-corrected chi connectivity index (χ0v) is 28.3. The van der Waals surface area contributed by atoms with E-state index in [9.17, 15) is 14.7 Å². The first kappa shape index (κ1) is 33.1. The molecule has 3 fully saturated rings. The van der Waals surface area contributed by atoms with Crippen LogP contribution in [0.2, 0.25) is 0 Å². The van der Waals surface area contributed by atoms with Crippen molar-refractivity contribution in [3.63, 3.8) is 0 Å². The third kappa shape index (κ3) is 7.12. The molecule has 48 heavy (non-hydrogen) atoms. The molecule has 1 spiro atoms. The molecule has 1 amide bonds. The number of benzene rings is 2. The summed E-state index contributed by atoms with van der Waals surface area (Å²) in [4.78, 5) is 27.7. The summed E-state index contributed by atoms with van der Waals surface area (Å²) < 4.78 is 14.4. The van der Waals surface area contributed by atoms with Crippen LogP contribution in [0.4, 0.5) is 0 Å². The number of aliphatic hydroxyl groups is 1. The van der Waals surface area contributed by atoms with Gasteiger partial charge in [0.1, 0.15) is 11.4 Å². The number of aromatic nitrogens is 1. The molecular weight excluding hydrogens is 602 g/mol. The van der Waals surface area contributed by atoms with Crippen molar-refractivity contribution in [1.82, 2.24) is 15.2 Å². The van der Waals surface area contributed by atoms with Crippen molar-refractivity contribution >= 4 is 5.91 Å². The molecule has 8 heteroatoms. The Labute approximate surface area is 284 Å². The fourth-order valence-corrected chi connectivity index (χ4v) is 8.51. The third-order valence-corrected chi connectivity index (χ3v) is 11.3. The predicted molar refractivity (Wildman–Crippen MR) is 187 cm³/mol. The average molecular weight is 654 g/mol. The van der Waals surface area contributed by atoms with Gasteiger partial charge in [-0.15, -0.1) is 0 Å². The van der Waals surface area contributed by atoms with Crippen molar-refractivity contribution in [1.29, 1.82) is 0 Å². The summed E-state index contributed by atoms with van der Waals surface area (Å²) in [5.41, 5.74) is 4.26. The number of amides is 1. The highest BCUT2D eigenvalue weighted by molar-refractivity contribution is 5.94. The van der Waals surface area contributed by atoms with Crippen LogP contribution in [0.25, 0.3) is 0 Å². The molecule has 3 aromatic rings. The number of hydrogen-bond donors (Lipinski definition) is 3. The summed E-state index contributed by atoms with van der Waals surface area (Å²) in [5.74, 6) is 0.663. The molecule has 4 aliphatic rings. The number of carbonyl (C=O) groups is 1. The number of rotatable bonds is 11. The zero-order valence-electron chi connectivity index (χ0n) is 28.3. The van der Waals surface area contributed by atoms with Gasteiger partial charge in [0.2, 0.25) is 0 Å². The van der Waals surface area contributed by atoms with Crippen LogP contribution in [0.5, 0.6) is 5.75 Å². The second kappa shape index (κ2) is 14.6. The Kier molecular flexibility index (Phi) is 10.0. The van der Waals surface area contributed by atoms with Gasteiger partial charge < -0.3 is 29.8 Å². The standard InChI is InChI=1S/C40H51N3O5/c1-2-27-16-17-37-31(21-27)34(24-40(48-37)18-8-9-19-40)41-25-35(44)33(22-28-11-4-3-5-12-28)42-38(45)29-23-32(36-15-10-20-47-36)39(46)43(26-29)30-13-6-7-14-30/h3-5,11-12,16-17,21,23,26,30,33-36,41,44H,2,6-10,13-15,18-20,22,24-25H2,1H3,(H,42,45)/t33-,34?,35+,36?/m0/s1. The number of pyridine rings is 1. The zero-order chi connectivity index (χ0) is 33.1. The third-order valence-electron chi connectivity index (χ3n) is 11.3. The van der Waals surface area contributed by atoms with E-state index in [1.165, 1.54) is 18.4 Å². The molecule has 2 aliphatic carbocycles. The van der Waals surface area contributed by atoms with Crippen LogP contribution in [0, 0.1) is 0 Å². The second-order valence-electron chi connectivity index (χ2n) is 14.6. The highest BCUT2D eigenvalue weighted by atomic mass is 16.5. The van der Waals surface area contributed by atoms with Gasteiger partial charge in [-0.25, -0.2) is 0 Å². The van der Waals surface area contributed by atoms with Crippen LogP contribution in [0.1, 0.15) is 128 Å². The van der Waals surface area contributed by atoms with E-state index < -0.39 is 12.1 Å². The lowest BCUT2D eigenvalue weighted by atomic mass is 9.85. The molecule has 1 aromatic heterocycles. The summed E-state index contributed by atoms with van der Waals surface area (Å²) in [6.07, 6.45) is 13.1. The molecule has 2 aromatic carbocycles. The Balaban J connectivity index is 1.13. The summed E-state index contributed by atoms with van der Waals surface area (Å²) >= 11 is 0. The van der Waals surface area contributed by atoms with Crippen molar-refractivity contribution in [3.8, 4) is 5.75 Å². The molecule has 0 radical (unpaired) electrons. The maximum Gasteiger partial charge on any atom is 0.256 e. The fourth-order valence-electron chi connectivity index (χ4n) is 8.51. The first-order chi connectivity index (χ1) is 23.4. The van der Waals surface area contributed by atoms with Gasteiger partial charge in [-0.1, -0.05) is 62.2 Å². The Morgan fingerprint density at radius 1 is 0.979 bits per heavy atom. The topological polar surface area (TPSA) is 102 Å². The smallest absolute Gasteiger partial charge is 0.256 e. The molecule has 2 aliphatic heterocycles. The van der Waals surface area contributed by atoms with Crippen molar-refractivity contribution in [2.24, 2.45) is 0 Å². The summed E-state index contributed by atoms with van der Waals surface area (Å²) in [5, 5.41) is 18.7. The van der Waals surface area contributed by atoms with Gasteiger partial charge in [-0.2, -0.15) is 0 Å². The molecule has 1 saturated heterocycles. The summed E-state index contributed by atoms with van der Waals surface area (Å²) in [6.45, 7) is 3.11. The molecule has 0 bridgehead atoms. The number of ether oxygens (including phenoxy) is 2. The Hall–Kier alpha value is -3.46. The lowest BCUT2D eigenvalue weighted by Gasteiger charge is -2.41. The summed E-state index contributed by atoms with van der Waals surface area (Å²) in [7, 11) is 0. The number of nitrogens with one attached hydrogen (secondary N) is 2. The van der Waals surface area contributed by atoms with E-state index in [4.69, 9.17) is 9.47 Å². The molecule has 3 N–H and O–H groups in total. The quantitative estimate of drug-likeness (QED) is 0.218. The molecule has 7 rings (SSSR count). The van der Waals surface area contributed by atoms with Crippen molar-refractivity contribution in [2.75, 3.05) is 13.2 Å². The van der Waals surface area contributed by atoms with E-state index in [2.05, 4.69) is 35.8 Å². The highest BCUT2D eigenvalue weighted by Crippen LogP contribution is 2.47. The highest BCUT2D eigenvalue weighted by Gasteiger charge is 2.43. The molecule has 8 nitrogen and oxygen atoms in total. The number of aryl methyl sites for hydroxylation is 1. The van der Waals surface area contributed by atoms with Crippen LogP contribution in [-0.2, 0) is 17.6 Å². The van der Waals surface area contributed by atoms with Gasteiger partial charge in [0.05, 0.1) is 23.8 Å². The lowest BCUT2D eigenvalue weighted by molar-refractivity contribution is 0.0326. The molecule has 2 unspecified atom stereocenters. The minimum atomic E-state index is -0.854. The van der Waals surface area contributed by atoms with Crippen LogP contribution in [0.15, 0.2) is 65.6 Å². The molecular formula is C40H51N3O5. The molecule has 256 valence electrons. The van der Waals surface area contributed by atoms with Crippen molar-refractivity contribution in [3.05, 3.63) is 99.0 Å². The lowest BCUT2D eigenvalue weighted by Crippen LogP contribution is -2.50. The van der Waals surface area contributed by atoms with Gasteiger partial charge >= 0.3 is 0 Å². The number of fused-ring (bicyclic) bond motifs is 1. The Morgan fingerprint density at radius 3 is 2.50 bits per heavy atom. The minimum absolute atomic E-state index is 0.0431. The summed E-state index contributed by atoms with van der Waals surface area (Å²) in [6, 6.07) is 17.8. The van der Waals surface area contributed by atoms with Crippen LogP contribution >= 0.6 is 0 Å². The second-order valence-corrected chi connectivity index (χ2v) is 14.6. The van der Waals surface area contributed by atoms with Crippen molar-refractivity contribution < 1.29 is 19.4 Å². The minimum Gasteiger partial charge on any atom is -0.487 e. The first-order valence-electron chi connectivity index (χ1n) is 18.4. The van der Waals surface area contributed by atoms with E-state index in [1.807, 2.05) is 30.3 Å². The number of carbonyl (C=O) groups excluding carboxylic acids is 1. The maximum atomic E-state index is 14.1. The van der Waals surface area contributed by atoms with E-state index >= 15 is 0 Å². The predicted octanol–water partition coefficient (Wildman–Crippen LogP) is 6.51. The number of hydrogen-bond acceptors (Lipinski definition) is 6. The molecule has 4 atom stereocenters. The maximum absolute atomic E-state index is 14.1. The first-order valence-corrected chi connectivity index (χ1v) is 18.4. The Morgan fingerprint density at radius 2 is 1.77 bits per heavy atom. The largest absolute Gasteiger partial charge is 0.487 e. The van der Waals surface area contributed by atoms with Crippen LogP contribution in [-0.4, -0.2) is 46.5 Å². The van der Waals surface area contributed by atoms with Crippen LogP contribution in [0.3, 0.4) is 0 Å². The number of nitrogens with zero attached hydrogens (tertiary/aromatic N) is 1.